The van der Waals surface area contributed by atoms with Gasteiger partial charge in [-0.1, -0.05) is 76.3 Å². The van der Waals surface area contributed by atoms with Crippen molar-refractivity contribution in [2.24, 2.45) is 0 Å². The molecule has 0 N–H and O–H groups in total. The van der Waals surface area contributed by atoms with Gasteiger partial charge in [-0.25, -0.2) is 0 Å². The molecular formula is C17H27N. The Labute approximate surface area is 113 Å². The van der Waals surface area contributed by atoms with Crippen molar-refractivity contribution in [3.05, 3.63) is 35.9 Å². The lowest BCUT2D eigenvalue weighted by atomic mass is 10.1. The summed E-state index contributed by atoms with van der Waals surface area (Å²) in [5.74, 6) is 0. The van der Waals surface area contributed by atoms with Gasteiger partial charge in [0.15, 0.2) is 0 Å². The van der Waals surface area contributed by atoms with Crippen molar-refractivity contribution in [1.29, 1.82) is 5.26 Å². The van der Waals surface area contributed by atoms with Crippen LogP contribution < -0.4 is 0 Å². The Hall–Kier alpha value is -1.29. The minimum absolute atomic E-state index is 0.742. The summed E-state index contributed by atoms with van der Waals surface area (Å²) < 4.78 is 0. The predicted octanol–water partition coefficient (Wildman–Crippen LogP) is 5.51. The van der Waals surface area contributed by atoms with Crippen LogP contribution >= 0.6 is 0 Å². The molecule has 0 bridgehead atoms. The number of nitrogens with zero attached hydrogens (tertiary/aromatic N) is 1. The zero-order valence-corrected chi connectivity index (χ0v) is 12.0. The minimum atomic E-state index is 0.742. The van der Waals surface area contributed by atoms with Gasteiger partial charge in [0.1, 0.15) is 0 Å². The van der Waals surface area contributed by atoms with Gasteiger partial charge in [-0.2, -0.15) is 5.26 Å². The van der Waals surface area contributed by atoms with Crippen molar-refractivity contribution in [2.45, 2.75) is 65.2 Å². The molecule has 0 saturated heterocycles. The van der Waals surface area contributed by atoms with Crippen LogP contribution in [0.25, 0.3) is 0 Å². The van der Waals surface area contributed by atoms with Crippen LogP contribution in [0.4, 0.5) is 0 Å². The lowest BCUT2D eigenvalue weighted by Crippen LogP contribution is -1.77. The number of nitriles is 1. The maximum absolute atomic E-state index is 8.22. The molecule has 0 spiro atoms. The molecule has 1 rings (SSSR count). The molecule has 0 saturated carbocycles. The average Bonchev–Trinajstić information content (AvgIpc) is 2.44. The molecule has 0 unspecified atom stereocenters. The van der Waals surface area contributed by atoms with E-state index in [0.29, 0.717) is 0 Å². The maximum atomic E-state index is 8.22. The number of aryl methyl sites for hydroxylation is 1. The molecule has 1 aromatic carbocycles. The third-order valence-electron chi connectivity index (χ3n) is 2.89. The van der Waals surface area contributed by atoms with Crippen molar-refractivity contribution < 1.29 is 0 Å². The van der Waals surface area contributed by atoms with Crippen molar-refractivity contribution in [2.75, 3.05) is 0 Å². The van der Waals surface area contributed by atoms with Gasteiger partial charge in [-0.3, -0.25) is 0 Å². The van der Waals surface area contributed by atoms with Crippen LogP contribution in [0.2, 0.25) is 0 Å². The van der Waals surface area contributed by atoms with Gasteiger partial charge in [0.25, 0.3) is 0 Å². The summed E-state index contributed by atoms with van der Waals surface area (Å²) in [6.45, 7) is 4.38. The van der Waals surface area contributed by atoms with E-state index in [0.717, 1.165) is 19.3 Å². The molecule has 0 aromatic heterocycles. The zero-order chi connectivity index (χ0) is 13.5. The summed E-state index contributed by atoms with van der Waals surface area (Å²) >= 11 is 0. The predicted molar refractivity (Wildman–Crippen MR) is 79.4 cm³/mol. The van der Waals surface area contributed by atoms with Gasteiger partial charge in [0, 0.05) is 6.42 Å². The number of hydrogen-bond donors (Lipinski definition) is 0. The second kappa shape index (κ2) is 13.8. The van der Waals surface area contributed by atoms with Crippen LogP contribution in [0.15, 0.2) is 30.3 Å². The van der Waals surface area contributed by atoms with Crippen molar-refractivity contribution in [3.8, 4) is 6.07 Å². The van der Waals surface area contributed by atoms with Crippen molar-refractivity contribution >= 4 is 0 Å². The molecule has 0 amide bonds. The Morgan fingerprint density at radius 3 is 2.00 bits per heavy atom. The van der Waals surface area contributed by atoms with Gasteiger partial charge in [0.05, 0.1) is 6.07 Å². The molecule has 1 heteroatoms. The molecule has 0 heterocycles. The van der Waals surface area contributed by atoms with Crippen LogP contribution in [0.1, 0.15) is 64.4 Å². The fraction of sp³-hybridized carbons (Fsp3) is 0.588. The van der Waals surface area contributed by atoms with E-state index in [1.807, 2.05) is 6.07 Å². The Kier molecular flexibility index (Phi) is 12.8. The molecule has 0 aliphatic heterocycles. The summed E-state index contributed by atoms with van der Waals surface area (Å²) in [5.41, 5.74) is 1.41. The Morgan fingerprint density at radius 1 is 0.889 bits per heavy atom. The highest BCUT2D eigenvalue weighted by Crippen LogP contribution is 2.05. The molecule has 100 valence electrons. The third-order valence-corrected chi connectivity index (χ3v) is 2.89. The van der Waals surface area contributed by atoms with Crippen LogP contribution in [-0.2, 0) is 6.42 Å². The minimum Gasteiger partial charge on any atom is -0.198 e. The molecule has 18 heavy (non-hydrogen) atoms. The van der Waals surface area contributed by atoms with Crippen molar-refractivity contribution in [3.63, 3.8) is 0 Å². The molecule has 0 atom stereocenters. The van der Waals surface area contributed by atoms with Gasteiger partial charge >= 0.3 is 0 Å². The van der Waals surface area contributed by atoms with Crippen molar-refractivity contribution in [1.82, 2.24) is 0 Å². The summed E-state index contributed by atoms with van der Waals surface area (Å²) in [5, 5.41) is 8.22. The largest absolute Gasteiger partial charge is 0.198 e. The van der Waals surface area contributed by atoms with Gasteiger partial charge < -0.3 is 0 Å². The highest BCUT2D eigenvalue weighted by Gasteiger charge is 1.87. The maximum Gasteiger partial charge on any atom is 0.0621 e. The van der Waals surface area contributed by atoms with E-state index < -0.39 is 0 Å². The smallest absolute Gasteiger partial charge is 0.0621 e. The first-order valence-electron chi connectivity index (χ1n) is 7.26. The fourth-order valence-electron chi connectivity index (χ4n) is 1.70. The molecule has 0 aliphatic rings. The first-order valence-corrected chi connectivity index (χ1v) is 7.26. The fourth-order valence-corrected chi connectivity index (χ4v) is 1.70. The van der Waals surface area contributed by atoms with Gasteiger partial charge in [-0.15, -0.1) is 0 Å². The lowest BCUT2D eigenvalue weighted by Gasteiger charge is -1.95. The quantitative estimate of drug-likeness (QED) is 0.581. The van der Waals surface area contributed by atoms with Crippen LogP contribution in [0.3, 0.4) is 0 Å². The lowest BCUT2D eigenvalue weighted by molar-refractivity contribution is 0.613. The van der Waals surface area contributed by atoms with E-state index in [-0.39, 0.29) is 0 Å². The first-order chi connectivity index (χ1) is 8.85. The molecule has 1 nitrogen and oxygen atoms in total. The second-order valence-corrected chi connectivity index (χ2v) is 4.52. The standard InChI is InChI=1S/C9H17N.C8H10/c1-2-3-4-5-6-7-8-9-10;1-2-8-6-4-3-5-7-8/h2-8H2,1H3;3-7H,2H2,1H3. The molecule has 0 radical (unpaired) electrons. The van der Waals surface area contributed by atoms with E-state index >= 15 is 0 Å². The van der Waals surface area contributed by atoms with Gasteiger partial charge in [-0.05, 0) is 18.4 Å². The molecule has 1 aromatic rings. The monoisotopic (exact) mass is 245 g/mol. The third kappa shape index (κ3) is 11.2. The van der Waals surface area contributed by atoms with E-state index in [9.17, 15) is 0 Å². The highest BCUT2D eigenvalue weighted by molar-refractivity contribution is 5.13. The number of unbranched alkanes of at least 4 members (excludes halogenated alkanes) is 6. The Balaban J connectivity index is 0.000000327. The zero-order valence-electron chi connectivity index (χ0n) is 12.0. The number of benzene rings is 1. The molecular weight excluding hydrogens is 218 g/mol. The summed E-state index contributed by atoms with van der Waals surface area (Å²) in [6.07, 6.45) is 9.54. The first kappa shape index (κ1) is 16.7. The van der Waals surface area contributed by atoms with Gasteiger partial charge in [0.2, 0.25) is 0 Å². The van der Waals surface area contributed by atoms with E-state index in [1.165, 1.54) is 37.7 Å². The topological polar surface area (TPSA) is 23.8 Å². The normalized spacial score (nSPS) is 9.17. The van der Waals surface area contributed by atoms with Crippen LogP contribution in [-0.4, -0.2) is 0 Å². The summed E-state index contributed by atoms with van der Waals surface area (Å²) in [6, 6.07) is 12.6. The molecule has 0 fully saturated rings. The highest BCUT2D eigenvalue weighted by atomic mass is 14.2. The Bertz CT molecular complexity index is 297. The van der Waals surface area contributed by atoms with Crippen LogP contribution in [0, 0.1) is 11.3 Å². The Morgan fingerprint density at radius 2 is 1.50 bits per heavy atom. The van der Waals surface area contributed by atoms with E-state index in [4.69, 9.17) is 5.26 Å². The molecule has 0 aliphatic carbocycles. The second-order valence-electron chi connectivity index (χ2n) is 4.52. The average molecular weight is 245 g/mol. The summed E-state index contributed by atoms with van der Waals surface area (Å²) in [7, 11) is 0. The van der Waals surface area contributed by atoms with E-state index in [1.54, 1.807) is 0 Å². The summed E-state index contributed by atoms with van der Waals surface area (Å²) in [4.78, 5) is 0. The van der Waals surface area contributed by atoms with Crippen LogP contribution in [0.5, 0.6) is 0 Å². The number of hydrogen-bond acceptors (Lipinski definition) is 1. The van der Waals surface area contributed by atoms with E-state index in [2.05, 4.69) is 44.2 Å². The number of rotatable bonds is 7. The SMILES string of the molecule is CCCCCCCCC#N.CCc1ccccc1.